The van der Waals surface area contributed by atoms with Crippen molar-refractivity contribution in [2.24, 2.45) is 0 Å². The average molecular weight is 234 g/mol. The molecule has 2 heteroatoms. The number of allylic oxidation sites excluding steroid dienone is 4. The first-order valence-electron chi connectivity index (χ1n) is 6.13. The molecule has 1 aliphatic rings. The first-order valence-corrected chi connectivity index (χ1v) is 6.13. The lowest BCUT2D eigenvalue weighted by Gasteiger charge is -2.17. The van der Waals surface area contributed by atoms with E-state index in [-0.39, 0.29) is 0 Å². The fourth-order valence-corrected chi connectivity index (χ4v) is 2.22. The summed E-state index contributed by atoms with van der Waals surface area (Å²) in [5, 5.41) is 0. The van der Waals surface area contributed by atoms with Gasteiger partial charge >= 0.3 is 0 Å². The highest BCUT2D eigenvalue weighted by Gasteiger charge is 2.15. The van der Waals surface area contributed by atoms with Gasteiger partial charge in [-0.2, -0.15) is 0 Å². The topological polar surface area (TPSA) is 25.8 Å². The van der Waals surface area contributed by atoms with Gasteiger partial charge in [0.25, 0.3) is 0 Å². The van der Waals surface area contributed by atoms with Gasteiger partial charge < -0.3 is 0 Å². The molecule has 1 aliphatic carbocycles. The van der Waals surface area contributed by atoms with Crippen LogP contribution in [0.25, 0.3) is 5.57 Å². The van der Waals surface area contributed by atoms with E-state index in [0.717, 1.165) is 17.8 Å². The third-order valence-corrected chi connectivity index (χ3v) is 3.14. The monoisotopic (exact) mass is 234 g/mol. The van der Waals surface area contributed by atoms with Gasteiger partial charge in [-0.1, -0.05) is 30.4 Å². The Morgan fingerprint density at radius 3 is 2.50 bits per heavy atom. The van der Waals surface area contributed by atoms with Gasteiger partial charge in [0.15, 0.2) is 0 Å². The maximum absolute atomic E-state index is 4.43. The van der Waals surface area contributed by atoms with Crippen molar-refractivity contribution in [3.8, 4) is 0 Å². The Hall–Kier alpha value is -2.22. The van der Waals surface area contributed by atoms with E-state index in [9.17, 15) is 0 Å². The molecule has 2 heterocycles. The van der Waals surface area contributed by atoms with E-state index in [1.165, 1.54) is 5.57 Å². The molecule has 2 aromatic rings. The van der Waals surface area contributed by atoms with Gasteiger partial charge in [-0.05, 0) is 36.3 Å². The van der Waals surface area contributed by atoms with Crippen LogP contribution >= 0.6 is 0 Å². The summed E-state index contributed by atoms with van der Waals surface area (Å²) >= 11 is 0. The highest BCUT2D eigenvalue weighted by atomic mass is 14.7. The van der Waals surface area contributed by atoms with Gasteiger partial charge in [-0.25, -0.2) is 0 Å². The molecule has 0 saturated heterocycles. The summed E-state index contributed by atoms with van der Waals surface area (Å²) in [5.41, 5.74) is 3.45. The van der Waals surface area contributed by atoms with Crippen molar-refractivity contribution in [3.63, 3.8) is 0 Å². The summed E-state index contributed by atoms with van der Waals surface area (Å²) < 4.78 is 0. The van der Waals surface area contributed by atoms with Crippen LogP contribution in [0.4, 0.5) is 0 Å². The maximum Gasteiger partial charge on any atom is 0.0661 e. The van der Waals surface area contributed by atoms with Crippen LogP contribution in [0.2, 0.25) is 0 Å². The molecule has 2 nitrogen and oxygen atoms in total. The number of nitrogens with zero attached hydrogens (tertiary/aromatic N) is 2. The lowest BCUT2D eigenvalue weighted by molar-refractivity contribution is 0.824. The largest absolute Gasteiger partial charge is 0.261 e. The average Bonchev–Trinajstić information content (AvgIpc) is 2.49. The Bertz CT molecular complexity index is 571. The second-order valence-corrected chi connectivity index (χ2v) is 4.36. The molecule has 0 aliphatic heterocycles. The van der Waals surface area contributed by atoms with Crippen LogP contribution in [-0.4, -0.2) is 9.97 Å². The van der Waals surface area contributed by atoms with E-state index in [4.69, 9.17) is 0 Å². The van der Waals surface area contributed by atoms with Crippen LogP contribution < -0.4 is 0 Å². The quantitative estimate of drug-likeness (QED) is 0.793. The molecule has 1 atom stereocenters. The number of hydrogen-bond donors (Lipinski definition) is 0. The molecule has 0 aromatic carbocycles. The van der Waals surface area contributed by atoms with Crippen LogP contribution in [0.15, 0.2) is 67.0 Å². The number of rotatable bonds is 2. The van der Waals surface area contributed by atoms with E-state index < -0.39 is 0 Å². The normalized spacial score (nSPS) is 18.4. The summed E-state index contributed by atoms with van der Waals surface area (Å²) in [5.74, 6) is 0.355. The maximum atomic E-state index is 4.43. The van der Waals surface area contributed by atoms with Crippen LogP contribution in [0.1, 0.15) is 23.7 Å². The summed E-state index contributed by atoms with van der Waals surface area (Å²) in [6.07, 6.45) is 11.1. The molecule has 1 unspecified atom stereocenters. The van der Waals surface area contributed by atoms with E-state index in [0.29, 0.717) is 5.92 Å². The van der Waals surface area contributed by atoms with Crippen molar-refractivity contribution >= 4 is 5.57 Å². The molecule has 3 rings (SSSR count). The van der Waals surface area contributed by atoms with Crippen LogP contribution in [0.5, 0.6) is 0 Å². The summed E-state index contributed by atoms with van der Waals surface area (Å²) in [7, 11) is 0. The number of hydrogen-bond acceptors (Lipinski definition) is 2. The van der Waals surface area contributed by atoms with Gasteiger partial charge in [0.1, 0.15) is 0 Å². The third-order valence-electron chi connectivity index (χ3n) is 3.14. The molecule has 2 aromatic heterocycles. The van der Waals surface area contributed by atoms with Gasteiger partial charge in [0, 0.05) is 24.0 Å². The molecule has 18 heavy (non-hydrogen) atoms. The second-order valence-electron chi connectivity index (χ2n) is 4.36. The molecule has 88 valence electrons. The minimum Gasteiger partial charge on any atom is -0.261 e. The first kappa shape index (κ1) is 10.9. The second kappa shape index (κ2) is 4.96. The Kier molecular flexibility index (Phi) is 3.01. The molecule has 0 N–H and O–H groups in total. The fourth-order valence-electron chi connectivity index (χ4n) is 2.22. The summed E-state index contributed by atoms with van der Waals surface area (Å²) in [4.78, 5) is 8.84. The Morgan fingerprint density at radius 1 is 0.944 bits per heavy atom. The smallest absolute Gasteiger partial charge is 0.0661 e. The summed E-state index contributed by atoms with van der Waals surface area (Å²) in [6.45, 7) is 0. The fraction of sp³-hybridized carbons (Fsp3) is 0.125. The van der Waals surface area contributed by atoms with Gasteiger partial charge in [-0.15, -0.1) is 0 Å². The lowest BCUT2D eigenvalue weighted by atomic mass is 9.89. The predicted molar refractivity (Wildman–Crippen MR) is 72.9 cm³/mol. The van der Waals surface area contributed by atoms with E-state index in [2.05, 4.69) is 40.3 Å². The molecule has 0 amide bonds. The number of aromatic nitrogens is 2. The van der Waals surface area contributed by atoms with Gasteiger partial charge in [-0.3, -0.25) is 9.97 Å². The zero-order valence-electron chi connectivity index (χ0n) is 10.0. The van der Waals surface area contributed by atoms with Crippen molar-refractivity contribution in [2.45, 2.75) is 12.3 Å². The van der Waals surface area contributed by atoms with E-state index in [1.54, 1.807) is 0 Å². The highest BCUT2D eigenvalue weighted by molar-refractivity contribution is 5.66. The molecule has 0 spiro atoms. The van der Waals surface area contributed by atoms with Crippen molar-refractivity contribution in [1.29, 1.82) is 0 Å². The Morgan fingerprint density at radius 2 is 1.78 bits per heavy atom. The minimum absolute atomic E-state index is 0.355. The highest BCUT2D eigenvalue weighted by Crippen LogP contribution is 2.31. The third kappa shape index (κ3) is 2.23. The summed E-state index contributed by atoms with van der Waals surface area (Å²) in [6, 6.07) is 12.1. The van der Waals surface area contributed by atoms with E-state index >= 15 is 0 Å². The van der Waals surface area contributed by atoms with Crippen molar-refractivity contribution in [3.05, 3.63) is 78.4 Å². The number of pyridine rings is 2. The van der Waals surface area contributed by atoms with Crippen LogP contribution in [-0.2, 0) is 0 Å². The molecule has 0 radical (unpaired) electrons. The van der Waals surface area contributed by atoms with Crippen LogP contribution in [0.3, 0.4) is 0 Å². The van der Waals surface area contributed by atoms with E-state index in [1.807, 2.05) is 36.7 Å². The van der Waals surface area contributed by atoms with Crippen LogP contribution in [0, 0.1) is 0 Å². The zero-order chi connectivity index (χ0) is 12.2. The van der Waals surface area contributed by atoms with Gasteiger partial charge in [0.05, 0.1) is 5.69 Å². The van der Waals surface area contributed by atoms with Crippen molar-refractivity contribution in [1.82, 2.24) is 9.97 Å². The predicted octanol–water partition coefficient (Wildman–Crippen LogP) is 3.60. The zero-order valence-corrected chi connectivity index (χ0v) is 10.0. The molecule has 0 fully saturated rings. The Balaban J connectivity index is 1.85. The lowest BCUT2D eigenvalue weighted by Crippen LogP contribution is -2.03. The molecular formula is C16H14N2. The Labute approximate surface area is 107 Å². The van der Waals surface area contributed by atoms with Crippen molar-refractivity contribution < 1.29 is 0 Å². The standard InChI is InChI=1S/C16H14N2/c1-3-10-17-15(8-1)13-6-5-7-14(12-13)16-9-2-4-11-18-16/h1-11,13H,12H2. The van der Waals surface area contributed by atoms with Crippen molar-refractivity contribution in [2.75, 3.05) is 0 Å². The van der Waals surface area contributed by atoms with Gasteiger partial charge in [0.2, 0.25) is 0 Å². The molecule has 0 bridgehead atoms. The molecular weight excluding hydrogens is 220 g/mol. The SMILES string of the molecule is C1=CC(c2ccccn2)CC(c2ccccn2)=C1. The minimum atomic E-state index is 0.355. The first-order chi connectivity index (χ1) is 8.93. The molecule has 0 saturated carbocycles.